The highest BCUT2D eigenvalue weighted by Crippen LogP contribution is 2.21. The van der Waals surface area contributed by atoms with E-state index in [1.54, 1.807) is 42.3 Å². The lowest BCUT2D eigenvalue weighted by atomic mass is 10.1. The van der Waals surface area contributed by atoms with Crippen molar-refractivity contribution < 1.29 is 14.3 Å². The van der Waals surface area contributed by atoms with Gasteiger partial charge in [0, 0.05) is 35.5 Å². The number of pyridine rings is 1. The van der Waals surface area contributed by atoms with Gasteiger partial charge in [-0.25, -0.2) is 4.79 Å². The molecule has 3 aromatic rings. The van der Waals surface area contributed by atoms with Crippen LogP contribution in [0.2, 0.25) is 5.02 Å². The van der Waals surface area contributed by atoms with E-state index >= 15 is 0 Å². The van der Waals surface area contributed by atoms with Crippen molar-refractivity contribution in [3.05, 3.63) is 69.5 Å². The molecule has 0 unspecified atom stereocenters. The van der Waals surface area contributed by atoms with E-state index in [1.807, 2.05) is 18.2 Å². The van der Waals surface area contributed by atoms with Crippen molar-refractivity contribution in [1.82, 2.24) is 9.88 Å². The van der Waals surface area contributed by atoms with E-state index in [2.05, 4.69) is 10.3 Å². The average molecular weight is 442 g/mol. The number of ether oxygens (including phenoxy) is 2. The molecule has 0 aliphatic carbocycles. The molecule has 1 aliphatic rings. The first-order chi connectivity index (χ1) is 15.0. The van der Waals surface area contributed by atoms with Crippen molar-refractivity contribution in [2.45, 2.75) is 25.5 Å². The predicted octanol–water partition coefficient (Wildman–Crippen LogP) is 4.40. The molecular formula is C23H24ClN3O4. The molecule has 2 amide bonds. The Morgan fingerprint density at radius 2 is 2.06 bits per heavy atom. The van der Waals surface area contributed by atoms with Crippen LogP contribution in [0.15, 0.2) is 53.3 Å². The van der Waals surface area contributed by atoms with Crippen molar-refractivity contribution in [3.63, 3.8) is 0 Å². The molecule has 0 radical (unpaired) electrons. The zero-order valence-electron chi connectivity index (χ0n) is 17.2. The summed E-state index contributed by atoms with van der Waals surface area (Å²) in [6, 6.07) is 13.9. The second-order valence-corrected chi connectivity index (χ2v) is 7.97. The van der Waals surface area contributed by atoms with Crippen LogP contribution < -0.4 is 15.6 Å². The lowest BCUT2D eigenvalue weighted by Gasteiger charge is -2.25. The molecule has 0 spiro atoms. The number of anilines is 1. The number of fused-ring (bicyclic) bond motifs is 1. The lowest BCUT2D eigenvalue weighted by molar-refractivity contribution is 0.0818. The first-order valence-corrected chi connectivity index (χ1v) is 10.5. The minimum atomic E-state index is -0.299. The van der Waals surface area contributed by atoms with Crippen LogP contribution in [0.3, 0.4) is 0 Å². The van der Waals surface area contributed by atoms with Gasteiger partial charge in [-0.2, -0.15) is 0 Å². The summed E-state index contributed by atoms with van der Waals surface area (Å²) < 4.78 is 10.9. The van der Waals surface area contributed by atoms with Gasteiger partial charge in [0.2, 0.25) is 0 Å². The van der Waals surface area contributed by atoms with E-state index in [4.69, 9.17) is 21.1 Å². The second kappa shape index (κ2) is 9.41. The molecule has 1 saturated heterocycles. The van der Waals surface area contributed by atoms with E-state index in [0.29, 0.717) is 40.7 Å². The molecule has 4 rings (SSSR count). The van der Waals surface area contributed by atoms with Crippen LogP contribution in [-0.2, 0) is 11.3 Å². The van der Waals surface area contributed by atoms with E-state index in [1.165, 1.54) is 0 Å². The van der Waals surface area contributed by atoms with Gasteiger partial charge in [0.1, 0.15) is 5.75 Å². The number of aromatic nitrogens is 1. The quantitative estimate of drug-likeness (QED) is 0.593. The first-order valence-electron chi connectivity index (χ1n) is 10.1. The summed E-state index contributed by atoms with van der Waals surface area (Å²) in [5.41, 5.74) is 1.58. The summed E-state index contributed by atoms with van der Waals surface area (Å²) >= 11 is 5.93. The van der Waals surface area contributed by atoms with Crippen LogP contribution in [0.1, 0.15) is 18.4 Å². The number of carbonyl (C=O) groups excluding carboxylic acids is 1. The van der Waals surface area contributed by atoms with E-state index in [0.717, 1.165) is 18.2 Å². The molecule has 0 bridgehead atoms. The third-order valence-electron chi connectivity index (χ3n) is 5.32. The normalized spacial score (nSPS) is 15.7. The van der Waals surface area contributed by atoms with Crippen molar-refractivity contribution >= 4 is 34.2 Å². The highest BCUT2D eigenvalue weighted by molar-refractivity contribution is 6.30. The molecule has 162 valence electrons. The summed E-state index contributed by atoms with van der Waals surface area (Å²) in [6.07, 6.45) is 1.81. The molecule has 2 heterocycles. The Labute approximate surface area is 184 Å². The van der Waals surface area contributed by atoms with Gasteiger partial charge in [-0.05, 0) is 60.7 Å². The number of amides is 2. The minimum absolute atomic E-state index is 0.0419. The van der Waals surface area contributed by atoms with Crippen molar-refractivity contribution in [1.29, 1.82) is 0 Å². The maximum absolute atomic E-state index is 13.0. The molecule has 2 aromatic carbocycles. The number of hydrogen-bond donors (Lipinski definition) is 2. The molecule has 1 atom stereocenters. The zero-order valence-corrected chi connectivity index (χ0v) is 17.9. The fourth-order valence-corrected chi connectivity index (χ4v) is 3.79. The molecule has 1 fully saturated rings. The number of benzene rings is 2. The van der Waals surface area contributed by atoms with Gasteiger partial charge in [-0.1, -0.05) is 11.6 Å². The van der Waals surface area contributed by atoms with Crippen molar-refractivity contribution in [2.75, 3.05) is 25.6 Å². The van der Waals surface area contributed by atoms with Crippen molar-refractivity contribution in [2.24, 2.45) is 0 Å². The van der Waals surface area contributed by atoms with Gasteiger partial charge in [0.05, 0.1) is 25.3 Å². The Morgan fingerprint density at radius 3 is 2.77 bits per heavy atom. The highest BCUT2D eigenvalue weighted by Gasteiger charge is 2.24. The third kappa shape index (κ3) is 5.18. The Morgan fingerprint density at radius 1 is 1.26 bits per heavy atom. The topological polar surface area (TPSA) is 83.7 Å². The second-order valence-electron chi connectivity index (χ2n) is 7.53. The molecular weight excluding hydrogens is 418 g/mol. The summed E-state index contributed by atoms with van der Waals surface area (Å²) in [4.78, 5) is 30.3. The highest BCUT2D eigenvalue weighted by atomic mass is 35.5. The molecule has 1 aromatic heterocycles. The van der Waals surface area contributed by atoms with Gasteiger partial charge in [0.15, 0.2) is 0 Å². The fourth-order valence-electron chi connectivity index (χ4n) is 3.66. The van der Waals surface area contributed by atoms with E-state index in [-0.39, 0.29) is 24.2 Å². The smallest absolute Gasteiger partial charge is 0.322 e. The van der Waals surface area contributed by atoms with Crippen LogP contribution in [0.5, 0.6) is 5.75 Å². The molecule has 1 aliphatic heterocycles. The lowest BCUT2D eigenvalue weighted by Crippen LogP contribution is -2.40. The average Bonchev–Trinajstić information content (AvgIpc) is 3.28. The number of rotatable bonds is 6. The largest absolute Gasteiger partial charge is 0.497 e. The summed E-state index contributed by atoms with van der Waals surface area (Å²) in [5.74, 6) is 0.665. The first kappa shape index (κ1) is 21.2. The fraction of sp³-hybridized carbons (Fsp3) is 0.304. The molecule has 31 heavy (non-hydrogen) atoms. The minimum Gasteiger partial charge on any atom is -0.497 e. The van der Waals surface area contributed by atoms with Crippen molar-refractivity contribution in [3.8, 4) is 5.75 Å². The predicted molar refractivity (Wildman–Crippen MR) is 121 cm³/mol. The van der Waals surface area contributed by atoms with Gasteiger partial charge >= 0.3 is 6.03 Å². The van der Waals surface area contributed by atoms with Gasteiger partial charge < -0.3 is 24.7 Å². The maximum Gasteiger partial charge on any atom is 0.322 e. The Balaban J connectivity index is 1.58. The van der Waals surface area contributed by atoms with Gasteiger partial charge in [0.25, 0.3) is 5.56 Å². The monoisotopic (exact) mass is 441 g/mol. The third-order valence-corrected chi connectivity index (χ3v) is 5.57. The van der Waals surface area contributed by atoms with Crippen LogP contribution >= 0.6 is 11.6 Å². The van der Waals surface area contributed by atoms with Crippen LogP contribution in [0.25, 0.3) is 10.9 Å². The number of aromatic amines is 1. The number of carbonyl (C=O) groups is 1. The standard InChI is InChI=1S/C23H24ClN3O4/c1-30-19-9-4-15-11-16(22(28)26-21(15)12-19)13-27(14-20-3-2-10-31-20)23(29)25-18-7-5-17(24)6-8-18/h4-9,11-12,20H,2-3,10,13-14H2,1H3,(H,25,29)(H,26,28)/t20-/m1/s1. The Kier molecular flexibility index (Phi) is 6.44. The van der Waals surface area contributed by atoms with Gasteiger partial charge in [-0.15, -0.1) is 0 Å². The number of nitrogens with zero attached hydrogens (tertiary/aromatic N) is 1. The number of H-pyrrole nitrogens is 1. The van der Waals surface area contributed by atoms with Gasteiger partial charge in [-0.3, -0.25) is 4.79 Å². The number of nitrogens with one attached hydrogen (secondary N) is 2. The maximum atomic E-state index is 13.0. The number of halogens is 1. The van der Waals surface area contributed by atoms with E-state index in [9.17, 15) is 9.59 Å². The Hall–Kier alpha value is -3.03. The van der Waals surface area contributed by atoms with E-state index < -0.39 is 0 Å². The van der Waals surface area contributed by atoms with Crippen LogP contribution in [0, 0.1) is 0 Å². The summed E-state index contributed by atoms with van der Waals surface area (Å²) in [5, 5.41) is 4.34. The Bertz CT molecular complexity index is 1120. The number of methoxy groups -OCH3 is 1. The molecule has 7 nitrogen and oxygen atoms in total. The molecule has 0 saturated carbocycles. The summed E-state index contributed by atoms with van der Waals surface area (Å²) in [7, 11) is 1.58. The molecule has 8 heteroatoms. The number of urea groups is 1. The van der Waals surface area contributed by atoms with Crippen LogP contribution in [0.4, 0.5) is 10.5 Å². The zero-order chi connectivity index (χ0) is 21.8. The molecule has 2 N–H and O–H groups in total. The number of hydrogen-bond acceptors (Lipinski definition) is 4. The van der Waals surface area contributed by atoms with Crippen LogP contribution in [-0.4, -0.2) is 42.3 Å². The summed E-state index contributed by atoms with van der Waals surface area (Å²) in [6.45, 7) is 1.26. The SMILES string of the molecule is COc1ccc2cc(CN(C[C@H]3CCCO3)C(=O)Nc3ccc(Cl)cc3)c(=O)[nH]c2c1.